The van der Waals surface area contributed by atoms with Crippen LogP contribution in [0.3, 0.4) is 0 Å². The van der Waals surface area contributed by atoms with E-state index in [0.29, 0.717) is 6.54 Å². The van der Waals surface area contributed by atoms with Crippen LogP contribution in [0.15, 0.2) is 24.5 Å². The number of hydrogen-bond acceptors (Lipinski definition) is 4. The summed E-state index contributed by atoms with van der Waals surface area (Å²) in [6.07, 6.45) is 3.41. The smallest absolute Gasteiger partial charge is 0.241 e. The van der Waals surface area contributed by atoms with E-state index in [9.17, 15) is 4.79 Å². The zero-order valence-electron chi connectivity index (χ0n) is 9.15. The number of piperazine rings is 1. The van der Waals surface area contributed by atoms with Crippen molar-refractivity contribution in [3.8, 4) is 0 Å². The molecule has 1 aliphatic heterocycles. The van der Waals surface area contributed by atoms with Gasteiger partial charge in [-0.15, -0.1) is 0 Å². The van der Waals surface area contributed by atoms with Gasteiger partial charge < -0.3 is 15.5 Å². The Morgan fingerprint density at radius 2 is 2.06 bits per heavy atom. The van der Waals surface area contributed by atoms with Crippen molar-refractivity contribution in [3.63, 3.8) is 0 Å². The van der Waals surface area contributed by atoms with Gasteiger partial charge in [0.15, 0.2) is 0 Å². The van der Waals surface area contributed by atoms with Gasteiger partial charge in [-0.05, 0) is 12.1 Å². The van der Waals surface area contributed by atoms with Gasteiger partial charge in [-0.2, -0.15) is 0 Å². The van der Waals surface area contributed by atoms with Gasteiger partial charge in [0.2, 0.25) is 5.91 Å². The van der Waals surface area contributed by atoms with E-state index in [2.05, 4.69) is 15.6 Å². The Bertz CT molecular complexity index is 335. The lowest BCUT2D eigenvalue weighted by Gasteiger charge is -2.27. The Morgan fingerprint density at radius 3 is 2.75 bits per heavy atom. The third-order valence-electron chi connectivity index (χ3n) is 2.59. The van der Waals surface area contributed by atoms with Crippen LogP contribution in [0.5, 0.6) is 0 Å². The van der Waals surface area contributed by atoms with Gasteiger partial charge in [-0.25, -0.2) is 0 Å². The molecule has 1 saturated heterocycles. The number of pyridine rings is 1. The molecule has 2 rings (SSSR count). The fourth-order valence-electron chi connectivity index (χ4n) is 1.67. The first-order chi connectivity index (χ1) is 7.86. The van der Waals surface area contributed by atoms with Gasteiger partial charge >= 0.3 is 0 Å². The molecule has 5 heteroatoms. The van der Waals surface area contributed by atoms with E-state index < -0.39 is 0 Å². The van der Waals surface area contributed by atoms with Crippen LogP contribution < -0.4 is 10.6 Å². The van der Waals surface area contributed by atoms with Gasteiger partial charge in [0.1, 0.15) is 0 Å². The van der Waals surface area contributed by atoms with Gasteiger partial charge in [-0.1, -0.05) is 0 Å². The van der Waals surface area contributed by atoms with Crippen molar-refractivity contribution in [3.05, 3.63) is 24.5 Å². The van der Waals surface area contributed by atoms with E-state index in [4.69, 9.17) is 0 Å². The van der Waals surface area contributed by atoms with Crippen molar-refractivity contribution in [2.24, 2.45) is 0 Å². The molecule has 1 aliphatic rings. The molecule has 0 aromatic carbocycles. The number of anilines is 1. The highest BCUT2D eigenvalue weighted by Gasteiger charge is 2.15. The average Bonchev–Trinajstić information content (AvgIpc) is 2.38. The molecule has 0 saturated carbocycles. The summed E-state index contributed by atoms with van der Waals surface area (Å²) < 4.78 is 0. The number of rotatable bonds is 3. The first-order valence-corrected chi connectivity index (χ1v) is 5.48. The summed E-state index contributed by atoms with van der Waals surface area (Å²) in [5.41, 5.74) is 0.929. The Morgan fingerprint density at radius 1 is 1.38 bits per heavy atom. The zero-order valence-corrected chi connectivity index (χ0v) is 9.15. The third-order valence-corrected chi connectivity index (χ3v) is 2.59. The monoisotopic (exact) mass is 220 g/mol. The molecule has 0 unspecified atom stereocenters. The van der Waals surface area contributed by atoms with Crippen LogP contribution in [0.2, 0.25) is 0 Å². The predicted octanol–water partition coefficient (Wildman–Crippen LogP) is -0.0747. The number of nitrogens with zero attached hydrogens (tertiary/aromatic N) is 2. The normalized spacial score (nSPS) is 15.9. The lowest BCUT2D eigenvalue weighted by Crippen LogP contribution is -2.48. The second kappa shape index (κ2) is 5.46. The lowest BCUT2D eigenvalue weighted by molar-refractivity contribution is -0.129. The number of nitrogens with one attached hydrogen (secondary N) is 2. The summed E-state index contributed by atoms with van der Waals surface area (Å²) >= 11 is 0. The maximum atomic E-state index is 11.8. The molecule has 1 amide bonds. The lowest BCUT2D eigenvalue weighted by atomic mass is 10.3. The number of carbonyl (C=O) groups is 1. The summed E-state index contributed by atoms with van der Waals surface area (Å²) in [4.78, 5) is 17.6. The van der Waals surface area contributed by atoms with Gasteiger partial charge in [-0.3, -0.25) is 9.78 Å². The van der Waals surface area contributed by atoms with Crippen molar-refractivity contribution in [2.45, 2.75) is 0 Å². The van der Waals surface area contributed by atoms with E-state index in [-0.39, 0.29) is 5.91 Å². The molecule has 1 aromatic heterocycles. The van der Waals surface area contributed by atoms with Crippen molar-refractivity contribution < 1.29 is 4.79 Å². The van der Waals surface area contributed by atoms with Crippen molar-refractivity contribution in [1.29, 1.82) is 0 Å². The fraction of sp³-hybridized carbons (Fsp3) is 0.455. The summed E-state index contributed by atoms with van der Waals surface area (Å²) in [6, 6.07) is 3.70. The highest BCUT2D eigenvalue weighted by molar-refractivity contribution is 5.80. The Labute approximate surface area is 94.9 Å². The number of carbonyl (C=O) groups excluding carboxylic acids is 1. The number of hydrogen-bond donors (Lipinski definition) is 2. The molecule has 0 bridgehead atoms. The van der Waals surface area contributed by atoms with E-state index in [1.807, 2.05) is 17.0 Å². The second-order valence-electron chi connectivity index (χ2n) is 3.72. The predicted molar refractivity (Wildman–Crippen MR) is 62.2 cm³/mol. The Kier molecular flexibility index (Phi) is 3.71. The maximum Gasteiger partial charge on any atom is 0.241 e. The van der Waals surface area contributed by atoms with Crippen molar-refractivity contribution in [1.82, 2.24) is 15.2 Å². The SMILES string of the molecule is O=C(CNc1ccncc1)N1CCNCC1. The first kappa shape index (κ1) is 10.9. The molecule has 86 valence electrons. The quantitative estimate of drug-likeness (QED) is 0.748. The van der Waals surface area contributed by atoms with Crippen LogP contribution in [-0.2, 0) is 4.79 Å². The molecular formula is C11H16N4O. The molecule has 2 heterocycles. The van der Waals surface area contributed by atoms with Crippen molar-refractivity contribution >= 4 is 11.6 Å². The molecule has 1 fully saturated rings. The molecule has 5 nitrogen and oxygen atoms in total. The van der Waals surface area contributed by atoms with Gasteiger partial charge in [0.05, 0.1) is 6.54 Å². The third kappa shape index (κ3) is 2.93. The molecule has 0 atom stereocenters. The van der Waals surface area contributed by atoms with Gasteiger partial charge in [0.25, 0.3) is 0 Å². The first-order valence-electron chi connectivity index (χ1n) is 5.48. The Hall–Kier alpha value is -1.62. The zero-order chi connectivity index (χ0) is 11.2. The summed E-state index contributed by atoms with van der Waals surface area (Å²) in [6.45, 7) is 3.74. The van der Waals surface area contributed by atoms with E-state index in [0.717, 1.165) is 31.9 Å². The van der Waals surface area contributed by atoms with Crippen molar-refractivity contribution in [2.75, 3.05) is 38.0 Å². The minimum Gasteiger partial charge on any atom is -0.376 e. The summed E-state index contributed by atoms with van der Waals surface area (Å²) in [5.74, 6) is 0.151. The number of aromatic nitrogens is 1. The summed E-state index contributed by atoms with van der Waals surface area (Å²) in [5, 5.41) is 6.31. The molecule has 0 radical (unpaired) electrons. The minimum atomic E-state index is 0.151. The van der Waals surface area contributed by atoms with Crippen LogP contribution in [0.4, 0.5) is 5.69 Å². The topological polar surface area (TPSA) is 57.3 Å². The molecule has 0 spiro atoms. The van der Waals surface area contributed by atoms with Crippen LogP contribution in [0.1, 0.15) is 0 Å². The minimum absolute atomic E-state index is 0.151. The average molecular weight is 220 g/mol. The van der Waals surface area contributed by atoms with Crippen LogP contribution >= 0.6 is 0 Å². The summed E-state index contributed by atoms with van der Waals surface area (Å²) in [7, 11) is 0. The molecular weight excluding hydrogens is 204 g/mol. The van der Waals surface area contributed by atoms with Gasteiger partial charge in [0, 0.05) is 44.3 Å². The highest BCUT2D eigenvalue weighted by atomic mass is 16.2. The van der Waals surface area contributed by atoms with Crippen LogP contribution in [-0.4, -0.2) is 48.5 Å². The van der Waals surface area contributed by atoms with Crippen LogP contribution in [0.25, 0.3) is 0 Å². The Balaban J connectivity index is 1.79. The number of amides is 1. The highest BCUT2D eigenvalue weighted by Crippen LogP contribution is 2.03. The molecule has 16 heavy (non-hydrogen) atoms. The van der Waals surface area contributed by atoms with E-state index >= 15 is 0 Å². The molecule has 2 N–H and O–H groups in total. The second-order valence-corrected chi connectivity index (χ2v) is 3.72. The molecule has 0 aliphatic carbocycles. The fourth-order valence-corrected chi connectivity index (χ4v) is 1.67. The van der Waals surface area contributed by atoms with E-state index in [1.54, 1.807) is 12.4 Å². The van der Waals surface area contributed by atoms with E-state index in [1.165, 1.54) is 0 Å². The van der Waals surface area contributed by atoms with Crippen LogP contribution in [0, 0.1) is 0 Å². The largest absolute Gasteiger partial charge is 0.376 e. The maximum absolute atomic E-state index is 11.8. The molecule has 1 aromatic rings. The standard InChI is InChI=1S/C11H16N4O/c16-11(15-7-5-13-6-8-15)9-14-10-1-3-12-4-2-10/h1-4,13H,5-9H2,(H,12,14).